The summed E-state index contributed by atoms with van der Waals surface area (Å²) >= 11 is 0. The van der Waals surface area contributed by atoms with Crippen LogP contribution in [0.1, 0.15) is 16.1 Å². The average molecular weight is 365 g/mol. The second-order valence-electron chi connectivity index (χ2n) is 5.49. The third kappa shape index (κ3) is 4.69. The third-order valence-electron chi connectivity index (χ3n) is 3.72. The molecule has 8 nitrogen and oxygen atoms in total. The van der Waals surface area contributed by atoms with Crippen molar-refractivity contribution in [2.75, 3.05) is 24.9 Å². The summed E-state index contributed by atoms with van der Waals surface area (Å²) in [4.78, 5) is 25.0. The molecule has 0 aliphatic rings. The number of hydrogen-bond acceptors (Lipinski definition) is 7. The second kappa shape index (κ2) is 8.61. The molecule has 0 fully saturated rings. The Morgan fingerprint density at radius 3 is 2.52 bits per heavy atom. The first kappa shape index (κ1) is 18.1. The van der Waals surface area contributed by atoms with E-state index in [4.69, 9.17) is 9.47 Å². The molecular weight excluding hydrogens is 346 g/mol. The Morgan fingerprint density at radius 2 is 1.85 bits per heavy atom. The quantitative estimate of drug-likeness (QED) is 0.664. The van der Waals surface area contributed by atoms with Crippen LogP contribution >= 0.6 is 0 Å². The van der Waals surface area contributed by atoms with Crippen LogP contribution < -0.4 is 20.1 Å². The molecule has 0 bridgehead atoms. The predicted octanol–water partition coefficient (Wildman–Crippen LogP) is 2.75. The van der Waals surface area contributed by atoms with Crippen LogP contribution in [0.2, 0.25) is 0 Å². The van der Waals surface area contributed by atoms with Crippen LogP contribution in [0.4, 0.5) is 11.6 Å². The Bertz CT molecular complexity index is 901. The molecule has 2 N–H and O–H groups in total. The highest BCUT2D eigenvalue weighted by molar-refractivity contribution is 6.04. The number of rotatable bonds is 7. The summed E-state index contributed by atoms with van der Waals surface area (Å²) in [6.07, 6.45) is 4.64. The minimum atomic E-state index is -0.338. The van der Waals surface area contributed by atoms with Crippen molar-refractivity contribution in [1.82, 2.24) is 15.0 Å². The van der Waals surface area contributed by atoms with Crippen molar-refractivity contribution in [3.05, 3.63) is 66.2 Å². The summed E-state index contributed by atoms with van der Waals surface area (Å²) in [7, 11) is 3.09. The molecular formula is C19H19N5O3. The maximum atomic E-state index is 12.4. The maximum Gasteiger partial charge on any atom is 0.258 e. The molecule has 0 aliphatic carbocycles. The minimum Gasteiger partial charge on any atom is -0.497 e. The molecule has 0 saturated heterocycles. The molecule has 0 aliphatic heterocycles. The van der Waals surface area contributed by atoms with E-state index in [1.165, 1.54) is 19.5 Å². The molecule has 0 spiro atoms. The lowest BCUT2D eigenvalue weighted by Crippen LogP contribution is -2.14. The van der Waals surface area contributed by atoms with E-state index in [0.717, 1.165) is 5.69 Å². The van der Waals surface area contributed by atoms with E-state index in [9.17, 15) is 4.79 Å². The van der Waals surface area contributed by atoms with Gasteiger partial charge in [-0.25, -0.2) is 9.97 Å². The topological polar surface area (TPSA) is 98.3 Å². The van der Waals surface area contributed by atoms with E-state index in [-0.39, 0.29) is 5.91 Å². The number of nitrogens with zero attached hydrogens (tertiary/aromatic N) is 3. The van der Waals surface area contributed by atoms with Crippen molar-refractivity contribution in [2.45, 2.75) is 6.54 Å². The molecule has 2 aromatic heterocycles. The summed E-state index contributed by atoms with van der Waals surface area (Å²) in [6, 6.07) is 10.8. The van der Waals surface area contributed by atoms with Gasteiger partial charge in [-0.1, -0.05) is 6.07 Å². The van der Waals surface area contributed by atoms with Crippen LogP contribution in [0.25, 0.3) is 0 Å². The Labute approximate surface area is 156 Å². The molecule has 8 heteroatoms. The van der Waals surface area contributed by atoms with Gasteiger partial charge in [0, 0.05) is 24.7 Å². The van der Waals surface area contributed by atoms with Crippen LogP contribution in [0.15, 0.2) is 55.0 Å². The van der Waals surface area contributed by atoms with Gasteiger partial charge in [-0.2, -0.15) is 0 Å². The van der Waals surface area contributed by atoms with Crippen molar-refractivity contribution in [1.29, 1.82) is 0 Å². The summed E-state index contributed by atoms with van der Waals surface area (Å²) in [5.41, 5.74) is 1.73. The highest BCUT2D eigenvalue weighted by Gasteiger charge is 2.12. The number of carbonyl (C=O) groups excluding carboxylic acids is 1. The Hall–Kier alpha value is -3.68. The predicted molar refractivity (Wildman–Crippen MR) is 101 cm³/mol. The number of methoxy groups -OCH3 is 2. The minimum absolute atomic E-state index is 0.330. The van der Waals surface area contributed by atoms with E-state index in [2.05, 4.69) is 25.6 Å². The van der Waals surface area contributed by atoms with E-state index in [1.54, 1.807) is 31.5 Å². The Morgan fingerprint density at radius 1 is 1.04 bits per heavy atom. The molecule has 0 unspecified atom stereocenters. The summed E-state index contributed by atoms with van der Waals surface area (Å²) < 4.78 is 10.4. The van der Waals surface area contributed by atoms with Gasteiger partial charge in [-0.05, 0) is 24.3 Å². The van der Waals surface area contributed by atoms with Crippen molar-refractivity contribution in [2.24, 2.45) is 0 Å². The SMILES string of the molecule is COc1ccc(NC(=O)c2cnc(NCc3ccccn3)nc2)c(OC)c1. The van der Waals surface area contributed by atoms with E-state index >= 15 is 0 Å². The average Bonchev–Trinajstić information content (AvgIpc) is 2.73. The van der Waals surface area contributed by atoms with Crippen LogP contribution in [0.5, 0.6) is 11.5 Å². The zero-order chi connectivity index (χ0) is 19.1. The Kier molecular flexibility index (Phi) is 5.78. The number of aromatic nitrogens is 3. The number of benzene rings is 1. The van der Waals surface area contributed by atoms with Crippen LogP contribution in [-0.2, 0) is 6.54 Å². The molecule has 3 rings (SSSR count). The number of carbonyl (C=O) groups is 1. The van der Waals surface area contributed by atoms with Crippen molar-refractivity contribution in [3.8, 4) is 11.5 Å². The van der Waals surface area contributed by atoms with Gasteiger partial charge in [-0.15, -0.1) is 0 Å². The van der Waals surface area contributed by atoms with Crippen molar-refractivity contribution >= 4 is 17.5 Å². The zero-order valence-corrected chi connectivity index (χ0v) is 15.0. The first-order valence-corrected chi connectivity index (χ1v) is 8.19. The van der Waals surface area contributed by atoms with Gasteiger partial charge in [0.2, 0.25) is 5.95 Å². The maximum absolute atomic E-state index is 12.4. The smallest absolute Gasteiger partial charge is 0.258 e. The fourth-order valence-corrected chi connectivity index (χ4v) is 2.31. The molecule has 27 heavy (non-hydrogen) atoms. The lowest BCUT2D eigenvalue weighted by atomic mass is 10.2. The number of nitrogens with one attached hydrogen (secondary N) is 2. The molecule has 1 amide bonds. The summed E-state index contributed by atoms with van der Waals surface area (Å²) in [5.74, 6) is 1.21. The van der Waals surface area contributed by atoms with Gasteiger partial charge >= 0.3 is 0 Å². The molecule has 0 saturated carbocycles. The fraction of sp³-hybridized carbons (Fsp3) is 0.158. The third-order valence-corrected chi connectivity index (χ3v) is 3.72. The standard InChI is InChI=1S/C19H19N5O3/c1-26-15-6-7-16(17(9-15)27-2)24-18(25)13-10-21-19(22-11-13)23-12-14-5-3-4-8-20-14/h3-11H,12H2,1-2H3,(H,24,25)(H,21,22,23). The molecule has 2 heterocycles. The zero-order valence-electron chi connectivity index (χ0n) is 15.0. The highest BCUT2D eigenvalue weighted by Crippen LogP contribution is 2.29. The lowest BCUT2D eigenvalue weighted by Gasteiger charge is -2.11. The molecule has 1 aromatic carbocycles. The number of ether oxygens (including phenoxy) is 2. The first-order valence-electron chi connectivity index (χ1n) is 8.19. The monoisotopic (exact) mass is 365 g/mol. The summed E-state index contributed by atoms with van der Waals surface area (Å²) in [5, 5.41) is 5.83. The number of anilines is 2. The molecule has 0 radical (unpaired) electrons. The van der Waals surface area contributed by atoms with Crippen LogP contribution in [-0.4, -0.2) is 35.1 Å². The fourth-order valence-electron chi connectivity index (χ4n) is 2.31. The second-order valence-corrected chi connectivity index (χ2v) is 5.49. The number of amides is 1. The van der Waals surface area contributed by atoms with Crippen LogP contribution in [0, 0.1) is 0 Å². The van der Waals surface area contributed by atoms with Gasteiger partial charge in [0.05, 0.1) is 37.7 Å². The van der Waals surface area contributed by atoms with E-state index in [1.807, 2.05) is 18.2 Å². The normalized spacial score (nSPS) is 10.1. The van der Waals surface area contributed by atoms with E-state index in [0.29, 0.717) is 35.2 Å². The lowest BCUT2D eigenvalue weighted by molar-refractivity contribution is 0.102. The van der Waals surface area contributed by atoms with Gasteiger partial charge in [0.15, 0.2) is 0 Å². The van der Waals surface area contributed by atoms with Gasteiger partial charge < -0.3 is 20.1 Å². The van der Waals surface area contributed by atoms with E-state index < -0.39 is 0 Å². The highest BCUT2D eigenvalue weighted by atomic mass is 16.5. The summed E-state index contributed by atoms with van der Waals surface area (Å²) in [6.45, 7) is 0.495. The van der Waals surface area contributed by atoms with Gasteiger partial charge in [-0.3, -0.25) is 9.78 Å². The number of pyridine rings is 1. The Balaban J connectivity index is 1.64. The van der Waals surface area contributed by atoms with Gasteiger partial charge in [0.1, 0.15) is 11.5 Å². The van der Waals surface area contributed by atoms with Gasteiger partial charge in [0.25, 0.3) is 5.91 Å². The largest absolute Gasteiger partial charge is 0.497 e. The molecule has 3 aromatic rings. The van der Waals surface area contributed by atoms with Crippen LogP contribution in [0.3, 0.4) is 0 Å². The first-order chi connectivity index (χ1) is 13.2. The number of hydrogen-bond donors (Lipinski definition) is 2. The van der Waals surface area contributed by atoms with Crippen molar-refractivity contribution < 1.29 is 14.3 Å². The van der Waals surface area contributed by atoms with Crippen molar-refractivity contribution in [3.63, 3.8) is 0 Å². The molecule has 0 atom stereocenters. The molecule has 138 valence electrons.